The Hall–Kier alpha value is -1.14. The third-order valence-electron chi connectivity index (χ3n) is 3.75. The first-order valence-electron chi connectivity index (χ1n) is 6.59. The van der Waals surface area contributed by atoms with Gasteiger partial charge in [-0.2, -0.15) is 0 Å². The fourth-order valence-corrected chi connectivity index (χ4v) is 2.79. The van der Waals surface area contributed by atoms with E-state index < -0.39 is 5.54 Å². The normalized spacial score (nSPS) is 23.8. The highest BCUT2D eigenvalue weighted by Gasteiger charge is 2.52. The minimum Gasteiger partial charge on any atom is -0.375 e. The van der Waals surface area contributed by atoms with Crippen LogP contribution in [-0.4, -0.2) is 48.2 Å². The van der Waals surface area contributed by atoms with Gasteiger partial charge in [-0.1, -0.05) is 12.8 Å². The zero-order chi connectivity index (χ0) is 13.2. The molecule has 1 atom stereocenters. The number of amides is 3. The molecule has 0 aromatic heterocycles. The molecule has 0 aromatic carbocycles. The van der Waals surface area contributed by atoms with Crippen molar-refractivity contribution in [2.75, 3.05) is 19.7 Å². The van der Waals surface area contributed by atoms with Gasteiger partial charge in [0, 0.05) is 13.2 Å². The molecule has 18 heavy (non-hydrogen) atoms. The molecule has 1 heterocycles. The molecule has 2 fully saturated rings. The van der Waals surface area contributed by atoms with E-state index in [1.54, 1.807) is 0 Å². The lowest BCUT2D eigenvalue weighted by atomic mass is 9.98. The number of nitrogens with two attached hydrogens (primary N) is 1. The van der Waals surface area contributed by atoms with E-state index >= 15 is 0 Å². The number of ether oxygens (including phenoxy) is 1. The Morgan fingerprint density at radius 2 is 2.11 bits per heavy atom. The second-order valence-electron chi connectivity index (χ2n) is 4.95. The molecule has 6 nitrogen and oxygen atoms in total. The maximum absolute atomic E-state index is 12.3. The van der Waals surface area contributed by atoms with Crippen molar-refractivity contribution in [1.29, 1.82) is 0 Å². The number of carbonyl (C=O) groups is 2. The average molecular weight is 255 g/mol. The van der Waals surface area contributed by atoms with Crippen molar-refractivity contribution in [1.82, 2.24) is 10.2 Å². The van der Waals surface area contributed by atoms with Crippen molar-refractivity contribution >= 4 is 11.9 Å². The van der Waals surface area contributed by atoms with Crippen LogP contribution in [-0.2, 0) is 9.53 Å². The summed E-state index contributed by atoms with van der Waals surface area (Å²) >= 11 is 0. The van der Waals surface area contributed by atoms with Crippen LogP contribution in [0.15, 0.2) is 0 Å². The third kappa shape index (κ3) is 2.22. The zero-order valence-electron chi connectivity index (χ0n) is 10.8. The fraction of sp³-hybridized carbons (Fsp3) is 0.833. The molecule has 0 aromatic rings. The number of hydrogen-bond donors (Lipinski definition) is 2. The van der Waals surface area contributed by atoms with Crippen LogP contribution in [0, 0.1) is 0 Å². The summed E-state index contributed by atoms with van der Waals surface area (Å²) in [7, 11) is 0. The van der Waals surface area contributed by atoms with Crippen molar-refractivity contribution in [2.45, 2.75) is 44.2 Å². The Morgan fingerprint density at radius 1 is 1.44 bits per heavy atom. The first-order chi connectivity index (χ1) is 8.63. The van der Waals surface area contributed by atoms with Gasteiger partial charge < -0.3 is 15.8 Å². The van der Waals surface area contributed by atoms with E-state index in [9.17, 15) is 9.59 Å². The Bertz CT molecular complexity index is 339. The molecule has 102 valence electrons. The van der Waals surface area contributed by atoms with Crippen LogP contribution in [0.25, 0.3) is 0 Å². The number of rotatable bonds is 5. The fourth-order valence-electron chi connectivity index (χ4n) is 2.79. The molecule has 1 aliphatic carbocycles. The van der Waals surface area contributed by atoms with Crippen molar-refractivity contribution < 1.29 is 14.3 Å². The molecule has 1 saturated carbocycles. The quantitative estimate of drug-likeness (QED) is 0.688. The smallest absolute Gasteiger partial charge is 0.325 e. The number of urea groups is 1. The monoisotopic (exact) mass is 255 g/mol. The Morgan fingerprint density at radius 3 is 2.67 bits per heavy atom. The first kappa shape index (κ1) is 13.3. The van der Waals surface area contributed by atoms with Crippen LogP contribution < -0.4 is 11.1 Å². The van der Waals surface area contributed by atoms with Gasteiger partial charge in [0.25, 0.3) is 5.91 Å². The molecule has 2 rings (SSSR count). The van der Waals surface area contributed by atoms with Gasteiger partial charge in [0.2, 0.25) is 0 Å². The zero-order valence-corrected chi connectivity index (χ0v) is 10.8. The molecule has 0 radical (unpaired) electrons. The van der Waals surface area contributed by atoms with Gasteiger partial charge in [-0.15, -0.1) is 0 Å². The summed E-state index contributed by atoms with van der Waals surface area (Å²) in [5.41, 5.74) is 4.94. The second-order valence-corrected chi connectivity index (χ2v) is 4.95. The predicted octanol–water partition coefficient (Wildman–Crippen LogP) is 0.215. The molecule has 0 bridgehead atoms. The Kier molecular flexibility index (Phi) is 3.87. The van der Waals surface area contributed by atoms with Gasteiger partial charge in [0.05, 0.1) is 12.6 Å². The van der Waals surface area contributed by atoms with Crippen molar-refractivity contribution in [2.24, 2.45) is 5.73 Å². The molecule has 3 amide bonds. The van der Waals surface area contributed by atoms with Crippen molar-refractivity contribution in [3.8, 4) is 0 Å². The summed E-state index contributed by atoms with van der Waals surface area (Å²) < 4.78 is 5.40. The summed E-state index contributed by atoms with van der Waals surface area (Å²) in [5, 5.41) is 2.84. The highest BCUT2D eigenvalue weighted by Crippen LogP contribution is 2.35. The van der Waals surface area contributed by atoms with Gasteiger partial charge in [-0.05, 0) is 19.8 Å². The van der Waals surface area contributed by atoms with Crippen LogP contribution in [0.4, 0.5) is 4.79 Å². The SMILES string of the molecule is CCOC(CN)CN1C(=O)NC2(CCCC2)C1=O. The standard InChI is InChI=1S/C12H21N3O3/c1-2-18-9(7-13)8-15-10(16)12(14-11(15)17)5-3-4-6-12/h9H,2-8,13H2,1H3,(H,14,17). The summed E-state index contributed by atoms with van der Waals surface area (Å²) in [6.07, 6.45) is 3.20. The van der Waals surface area contributed by atoms with E-state index in [0.29, 0.717) is 13.2 Å². The van der Waals surface area contributed by atoms with Crippen LogP contribution in [0.3, 0.4) is 0 Å². The van der Waals surface area contributed by atoms with E-state index in [4.69, 9.17) is 10.5 Å². The maximum atomic E-state index is 12.3. The number of nitrogens with one attached hydrogen (secondary N) is 1. The molecular formula is C12H21N3O3. The average Bonchev–Trinajstić information content (AvgIpc) is 2.90. The van der Waals surface area contributed by atoms with Gasteiger partial charge in [-0.3, -0.25) is 9.69 Å². The van der Waals surface area contributed by atoms with Gasteiger partial charge in [-0.25, -0.2) is 4.79 Å². The van der Waals surface area contributed by atoms with E-state index in [-0.39, 0.29) is 24.6 Å². The van der Waals surface area contributed by atoms with E-state index in [0.717, 1.165) is 25.7 Å². The summed E-state index contributed by atoms with van der Waals surface area (Å²) in [5.74, 6) is -0.108. The summed E-state index contributed by atoms with van der Waals surface area (Å²) in [4.78, 5) is 25.5. The van der Waals surface area contributed by atoms with Crippen molar-refractivity contribution in [3.05, 3.63) is 0 Å². The largest absolute Gasteiger partial charge is 0.375 e. The van der Waals surface area contributed by atoms with E-state index in [2.05, 4.69) is 5.32 Å². The van der Waals surface area contributed by atoms with Gasteiger partial charge >= 0.3 is 6.03 Å². The molecule has 1 aliphatic heterocycles. The Labute approximate surface area is 107 Å². The van der Waals surface area contributed by atoms with Crippen LogP contribution in [0.2, 0.25) is 0 Å². The highest BCUT2D eigenvalue weighted by atomic mass is 16.5. The van der Waals surface area contributed by atoms with Gasteiger partial charge in [0.1, 0.15) is 5.54 Å². The van der Waals surface area contributed by atoms with Crippen LogP contribution in [0.1, 0.15) is 32.6 Å². The minimum absolute atomic E-state index is 0.108. The van der Waals surface area contributed by atoms with E-state index in [1.807, 2.05) is 6.92 Å². The van der Waals surface area contributed by atoms with Crippen molar-refractivity contribution in [3.63, 3.8) is 0 Å². The lowest BCUT2D eigenvalue weighted by Gasteiger charge is -2.22. The molecular weight excluding hydrogens is 234 g/mol. The molecule has 6 heteroatoms. The minimum atomic E-state index is -0.636. The predicted molar refractivity (Wildman–Crippen MR) is 65.9 cm³/mol. The van der Waals surface area contributed by atoms with Crippen LogP contribution >= 0.6 is 0 Å². The first-order valence-corrected chi connectivity index (χ1v) is 6.59. The third-order valence-corrected chi connectivity index (χ3v) is 3.75. The second kappa shape index (κ2) is 5.24. The van der Waals surface area contributed by atoms with Crippen LogP contribution in [0.5, 0.6) is 0 Å². The molecule has 2 aliphatic rings. The highest BCUT2D eigenvalue weighted by molar-refractivity contribution is 6.07. The lowest BCUT2D eigenvalue weighted by molar-refractivity contribution is -0.132. The Balaban J connectivity index is 2.05. The summed E-state index contributed by atoms with van der Waals surface area (Å²) in [6, 6.07) is -0.306. The number of imide groups is 1. The topological polar surface area (TPSA) is 84.7 Å². The number of carbonyl (C=O) groups excluding carboxylic acids is 2. The maximum Gasteiger partial charge on any atom is 0.325 e. The number of nitrogens with zero attached hydrogens (tertiary/aromatic N) is 1. The van der Waals surface area contributed by atoms with Gasteiger partial charge in [0.15, 0.2) is 0 Å². The molecule has 1 spiro atoms. The van der Waals surface area contributed by atoms with E-state index in [1.165, 1.54) is 4.90 Å². The molecule has 1 saturated heterocycles. The summed E-state index contributed by atoms with van der Waals surface area (Å²) in [6.45, 7) is 2.94. The lowest BCUT2D eigenvalue weighted by Crippen LogP contribution is -2.45. The molecule has 1 unspecified atom stereocenters. The number of hydrogen-bond acceptors (Lipinski definition) is 4. The molecule has 3 N–H and O–H groups in total.